The molecule has 0 saturated carbocycles. The molecular weight excluding hydrogens is 268 g/mol. The van der Waals surface area contributed by atoms with Gasteiger partial charge in [0.1, 0.15) is 11.5 Å². The lowest BCUT2D eigenvalue weighted by Crippen LogP contribution is -2.15. The minimum atomic E-state index is -0.850. The molecule has 0 saturated heterocycles. The molecule has 0 aliphatic rings. The van der Waals surface area contributed by atoms with Crippen molar-refractivity contribution in [2.75, 3.05) is 6.61 Å². The molecule has 21 heavy (non-hydrogen) atoms. The third kappa shape index (κ3) is 3.88. The Morgan fingerprint density at radius 3 is 2.76 bits per heavy atom. The molecule has 1 aromatic carbocycles. The topological polar surface area (TPSA) is 59.7 Å². The summed E-state index contributed by atoms with van der Waals surface area (Å²) in [6, 6.07) is 9.12. The van der Waals surface area contributed by atoms with E-state index in [1.54, 1.807) is 18.4 Å². The average Bonchev–Trinajstić information content (AvgIpc) is 2.96. The van der Waals surface area contributed by atoms with Gasteiger partial charge in [-0.25, -0.2) is 0 Å². The molecule has 2 aromatic rings. The molecule has 0 aliphatic carbocycles. The first-order valence-electron chi connectivity index (χ1n) is 7.10. The van der Waals surface area contributed by atoms with Crippen LogP contribution in [-0.2, 0) is 11.2 Å². The molecule has 112 valence electrons. The molecule has 2 rings (SSSR count). The number of furan rings is 1. The van der Waals surface area contributed by atoms with E-state index < -0.39 is 11.9 Å². The van der Waals surface area contributed by atoms with Crippen LogP contribution in [0.1, 0.15) is 36.1 Å². The summed E-state index contributed by atoms with van der Waals surface area (Å²) in [7, 11) is 0. The summed E-state index contributed by atoms with van der Waals surface area (Å²) in [4.78, 5) is 11.6. The van der Waals surface area contributed by atoms with Crippen LogP contribution < -0.4 is 4.74 Å². The summed E-state index contributed by atoms with van der Waals surface area (Å²) in [5.74, 6) is -0.0125. The highest BCUT2D eigenvalue weighted by atomic mass is 16.5. The summed E-state index contributed by atoms with van der Waals surface area (Å²) in [6.45, 7) is 4.62. The predicted molar refractivity (Wildman–Crippen MR) is 79.8 cm³/mol. The molecule has 0 spiro atoms. The zero-order valence-electron chi connectivity index (χ0n) is 12.3. The Morgan fingerprint density at radius 2 is 2.19 bits per heavy atom. The molecule has 0 bridgehead atoms. The molecular formula is C17H20O4. The van der Waals surface area contributed by atoms with Crippen molar-refractivity contribution in [3.8, 4) is 5.75 Å². The van der Waals surface area contributed by atoms with Crippen molar-refractivity contribution in [3.63, 3.8) is 0 Å². The third-order valence-electron chi connectivity index (χ3n) is 3.37. The number of aliphatic carboxylic acids is 1. The Kier molecular flexibility index (Phi) is 5.04. The Labute approximate surface area is 124 Å². The molecule has 0 radical (unpaired) electrons. The maximum atomic E-state index is 11.6. The van der Waals surface area contributed by atoms with Crippen LogP contribution in [0.25, 0.3) is 0 Å². The van der Waals surface area contributed by atoms with E-state index in [9.17, 15) is 9.90 Å². The monoisotopic (exact) mass is 288 g/mol. The highest BCUT2D eigenvalue weighted by molar-refractivity contribution is 5.77. The Bertz CT molecular complexity index is 587. The number of carbonyl (C=O) groups is 1. The van der Waals surface area contributed by atoms with Crippen molar-refractivity contribution in [3.05, 3.63) is 53.5 Å². The molecule has 1 N–H and O–H groups in total. The fourth-order valence-corrected chi connectivity index (χ4v) is 2.31. The first-order valence-corrected chi connectivity index (χ1v) is 7.10. The second-order valence-corrected chi connectivity index (χ2v) is 5.04. The van der Waals surface area contributed by atoms with Crippen LogP contribution in [0.5, 0.6) is 5.75 Å². The summed E-state index contributed by atoms with van der Waals surface area (Å²) in [6.07, 6.45) is 2.85. The van der Waals surface area contributed by atoms with Gasteiger partial charge in [-0.1, -0.05) is 13.0 Å². The second-order valence-electron chi connectivity index (χ2n) is 5.04. The predicted octanol–water partition coefficient (Wildman–Crippen LogP) is 3.79. The van der Waals surface area contributed by atoms with Crippen molar-refractivity contribution in [1.29, 1.82) is 0 Å². The minimum absolute atomic E-state index is 0.346. The minimum Gasteiger partial charge on any atom is -0.494 e. The fourth-order valence-electron chi connectivity index (χ4n) is 2.31. The lowest BCUT2D eigenvalue weighted by atomic mass is 9.91. The van der Waals surface area contributed by atoms with Crippen LogP contribution in [0, 0.1) is 6.92 Å². The van der Waals surface area contributed by atoms with Gasteiger partial charge in [-0.15, -0.1) is 0 Å². The average molecular weight is 288 g/mol. The van der Waals surface area contributed by atoms with Crippen LogP contribution in [0.15, 0.2) is 41.0 Å². The summed E-state index contributed by atoms with van der Waals surface area (Å²) in [5, 5.41) is 9.49. The van der Waals surface area contributed by atoms with Crippen molar-refractivity contribution < 1.29 is 19.1 Å². The third-order valence-corrected chi connectivity index (χ3v) is 3.37. The molecule has 1 atom stereocenters. The number of rotatable bonds is 7. The number of hydrogen-bond acceptors (Lipinski definition) is 3. The lowest BCUT2D eigenvalue weighted by molar-refractivity contribution is -0.138. The molecule has 1 unspecified atom stereocenters. The molecule has 0 amide bonds. The van der Waals surface area contributed by atoms with E-state index in [1.165, 1.54) is 0 Å². The summed E-state index contributed by atoms with van der Waals surface area (Å²) in [5.41, 5.74) is 1.71. The molecule has 1 heterocycles. The first kappa shape index (κ1) is 15.2. The van der Waals surface area contributed by atoms with Gasteiger partial charge in [-0.2, -0.15) is 0 Å². The standard InChI is InChI=1S/C17H20O4/c1-3-8-20-14-6-7-15(12(2)10-14)16(17(18)19)11-13-5-4-9-21-13/h4-7,9-10,16H,3,8,11H2,1-2H3,(H,18,19). The van der Waals surface area contributed by atoms with Crippen LogP contribution in [-0.4, -0.2) is 17.7 Å². The fraction of sp³-hybridized carbons (Fsp3) is 0.353. The summed E-state index contributed by atoms with van der Waals surface area (Å²) < 4.78 is 10.8. The number of hydrogen-bond donors (Lipinski definition) is 1. The lowest BCUT2D eigenvalue weighted by Gasteiger charge is -2.15. The number of ether oxygens (including phenoxy) is 1. The van der Waals surface area contributed by atoms with Gasteiger partial charge < -0.3 is 14.3 Å². The van der Waals surface area contributed by atoms with E-state index in [0.29, 0.717) is 18.8 Å². The second kappa shape index (κ2) is 6.97. The highest BCUT2D eigenvalue weighted by Gasteiger charge is 2.23. The number of carboxylic acid groups (broad SMARTS) is 1. The van der Waals surface area contributed by atoms with Gasteiger partial charge >= 0.3 is 5.97 Å². The van der Waals surface area contributed by atoms with Crippen molar-refractivity contribution >= 4 is 5.97 Å². The van der Waals surface area contributed by atoms with Crippen molar-refractivity contribution in [2.24, 2.45) is 0 Å². The molecule has 0 fully saturated rings. The molecule has 4 nitrogen and oxygen atoms in total. The zero-order valence-corrected chi connectivity index (χ0v) is 12.3. The molecule has 1 aromatic heterocycles. The van der Waals surface area contributed by atoms with Crippen LogP contribution >= 0.6 is 0 Å². The molecule has 4 heteroatoms. The zero-order chi connectivity index (χ0) is 15.2. The van der Waals surface area contributed by atoms with E-state index in [4.69, 9.17) is 9.15 Å². The number of carboxylic acids is 1. The Balaban J connectivity index is 2.22. The van der Waals surface area contributed by atoms with Crippen LogP contribution in [0.4, 0.5) is 0 Å². The van der Waals surface area contributed by atoms with Crippen LogP contribution in [0.2, 0.25) is 0 Å². The summed E-state index contributed by atoms with van der Waals surface area (Å²) >= 11 is 0. The van der Waals surface area contributed by atoms with E-state index in [0.717, 1.165) is 23.3 Å². The quantitative estimate of drug-likeness (QED) is 0.842. The van der Waals surface area contributed by atoms with Crippen molar-refractivity contribution in [1.82, 2.24) is 0 Å². The SMILES string of the molecule is CCCOc1ccc(C(Cc2ccco2)C(=O)O)c(C)c1. The van der Waals surface area contributed by atoms with E-state index >= 15 is 0 Å². The maximum Gasteiger partial charge on any atom is 0.311 e. The van der Waals surface area contributed by atoms with E-state index in [-0.39, 0.29) is 0 Å². The normalized spacial score (nSPS) is 12.1. The Hall–Kier alpha value is -2.23. The number of aryl methyl sites for hydroxylation is 1. The maximum absolute atomic E-state index is 11.6. The van der Waals surface area contributed by atoms with E-state index in [1.807, 2.05) is 32.0 Å². The van der Waals surface area contributed by atoms with Gasteiger partial charge in [0.15, 0.2) is 0 Å². The Morgan fingerprint density at radius 1 is 1.38 bits per heavy atom. The van der Waals surface area contributed by atoms with Gasteiger partial charge in [-0.05, 0) is 48.7 Å². The van der Waals surface area contributed by atoms with Gasteiger partial charge in [0.25, 0.3) is 0 Å². The first-order chi connectivity index (χ1) is 10.1. The van der Waals surface area contributed by atoms with Gasteiger partial charge in [0.05, 0.1) is 18.8 Å². The van der Waals surface area contributed by atoms with Crippen molar-refractivity contribution in [2.45, 2.75) is 32.6 Å². The van der Waals surface area contributed by atoms with E-state index in [2.05, 4.69) is 0 Å². The largest absolute Gasteiger partial charge is 0.494 e. The smallest absolute Gasteiger partial charge is 0.311 e. The van der Waals surface area contributed by atoms with Gasteiger partial charge in [0.2, 0.25) is 0 Å². The number of benzene rings is 1. The van der Waals surface area contributed by atoms with Gasteiger partial charge in [0, 0.05) is 6.42 Å². The highest BCUT2D eigenvalue weighted by Crippen LogP contribution is 2.27. The van der Waals surface area contributed by atoms with Crippen LogP contribution in [0.3, 0.4) is 0 Å². The van der Waals surface area contributed by atoms with Gasteiger partial charge in [-0.3, -0.25) is 4.79 Å². The molecule has 0 aliphatic heterocycles.